The van der Waals surface area contributed by atoms with Crippen molar-refractivity contribution in [1.29, 1.82) is 0 Å². The van der Waals surface area contributed by atoms with Crippen LogP contribution >= 0.6 is 15.9 Å². The van der Waals surface area contributed by atoms with Gasteiger partial charge in [0.15, 0.2) is 0 Å². The Balaban J connectivity index is 2.89. The summed E-state index contributed by atoms with van der Waals surface area (Å²) in [5.41, 5.74) is -0.0468. The summed E-state index contributed by atoms with van der Waals surface area (Å²) in [6.07, 6.45) is -0.185. The van der Waals surface area contributed by atoms with Gasteiger partial charge in [-0.2, -0.15) is 0 Å². The van der Waals surface area contributed by atoms with Gasteiger partial charge < -0.3 is 9.84 Å². The van der Waals surface area contributed by atoms with E-state index in [-0.39, 0.29) is 6.42 Å². The number of hydrogen-bond donors (Lipinski definition) is 1. The molecule has 0 saturated heterocycles. The predicted molar refractivity (Wildman–Crippen MR) is 75.0 cm³/mol. The molecule has 1 aromatic carbocycles. The second kappa shape index (κ2) is 6.19. The Morgan fingerprint density at radius 1 is 1.32 bits per heavy atom. The SMILES string of the molecule is CC(C)(C)OC(=O)C[C@H](C(=O)O)c1ccccc1Br. The van der Waals surface area contributed by atoms with Crippen LogP contribution in [0.2, 0.25) is 0 Å². The molecule has 19 heavy (non-hydrogen) atoms. The van der Waals surface area contributed by atoms with Gasteiger partial charge in [0.05, 0.1) is 12.3 Å². The van der Waals surface area contributed by atoms with Crippen LogP contribution in [0, 0.1) is 0 Å². The molecule has 0 aliphatic rings. The van der Waals surface area contributed by atoms with Crippen LogP contribution in [0.25, 0.3) is 0 Å². The average Bonchev–Trinajstić information content (AvgIpc) is 2.24. The first kappa shape index (κ1) is 15.7. The molecule has 1 aromatic rings. The molecule has 4 nitrogen and oxygen atoms in total. The average molecular weight is 329 g/mol. The number of carboxylic acids is 1. The lowest BCUT2D eigenvalue weighted by Gasteiger charge is -2.21. The normalized spacial score (nSPS) is 12.8. The molecule has 1 N–H and O–H groups in total. The van der Waals surface area contributed by atoms with Gasteiger partial charge in [0.25, 0.3) is 0 Å². The third-order valence-corrected chi connectivity index (χ3v) is 3.09. The first-order chi connectivity index (χ1) is 8.70. The first-order valence-electron chi connectivity index (χ1n) is 5.90. The summed E-state index contributed by atoms with van der Waals surface area (Å²) in [6.45, 7) is 5.25. The molecule has 1 atom stereocenters. The highest BCUT2D eigenvalue weighted by atomic mass is 79.9. The zero-order valence-electron chi connectivity index (χ0n) is 11.1. The molecular weight excluding hydrogens is 312 g/mol. The van der Waals surface area contributed by atoms with E-state index in [1.54, 1.807) is 45.0 Å². The number of benzene rings is 1. The molecular formula is C14H17BrO4. The molecule has 0 aliphatic carbocycles. The molecule has 0 saturated carbocycles. The summed E-state index contributed by atoms with van der Waals surface area (Å²) in [4.78, 5) is 23.1. The molecule has 0 aliphatic heterocycles. The standard InChI is InChI=1S/C14H17BrO4/c1-14(2,3)19-12(16)8-10(13(17)18)9-6-4-5-7-11(9)15/h4-7,10H,8H2,1-3H3,(H,17,18)/t10-/m0/s1. The number of carbonyl (C=O) groups is 2. The van der Waals surface area contributed by atoms with Crippen LogP contribution in [0.4, 0.5) is 0 Å². The van der Waals surface area contributed by atoms with Gasteiger partial charge in [0.2, 0.25) is 0 Å². The number of rotatable bonds is 4. The minimum absolute atomic E-state index is 0.185. The quantitative estimate of drug-likeness (QED) is 0.861. The van der Waals surface area contributed by atoms with Crippen LogP contribution in [0.15, 0.2) is 28.7 Å². The summed E-state index contributed by atoms with van der Waals surface area (Å²) in [5, 5.41) is 9.27. The van der Waals surface area contributed by atoms with Crippen LogP contribution in [-0.4, -0.2) is 22.6 Å². The van der Waals surface area contributed by atoms with Crippen LogP contribution in [0.5, 0.6) is 0 Å². The van der Waals surface area contributed by atoms with Gasteiger partial charge in [0.1, 0.15) is 5.60 Å². The minimum atomic E-state index is -1.04. The lowest BCUT2D eigenvalue weighted by Crippen LogP contribution is -2.26. The number of carbonyl (C=O) groups excluding carboxylic acids is 1. The van der Waals surface area contributed by atoms with E-state index in [1.807, 2.05) is 0 Å². The fraction of sp³-hybridized carbons (Fsp3) is 0.429. The Hall–Kier alpha value is -1.36. The third-order valence-electron chi connectivity index (χ3n) is 2.37. The van der Waals surface area contributed by atoms with E-state index < -0.39 is 23.5 Å². The van der Waals surface area contributed by atoms with Crippen molar-refractivity contribution in [1.82, 2.24) is 0 Å². The molecule has 104 valence electrons. The van der Waals surface area contributed by atoms with Crippen molar-refractivity contribution in [3.05, 3.63) is 34.3 Å². The Morgan fingerprint density at radius 2 is 1.89 bits per heavy atom. The minimum Gasteiger partial charge on any atom is -0.481 e. The van der Waals surface area contributed by atoms with Gasteiger partial charge >= 0.3 is 11.9 Å². The maximum atomic E-state index is 11.8. The molecule has 0 unspecified atom stereocenters. The van der Waals surface area contributed by atoms with Crippen LogP contribution < -0.4 is 0 Å². The first-order valence-corrected chi connectivity index (χ1v) is 6.69. The summed E-state index contributed by atoms with van der Waals surface area (Å²) in [6, 6.07) is 6.97. The summed E-state index contributed by atoms with van der Waals surface area (Å²) in [5.74, 6) is -2.47. The van der Waals surface area contributed by atoms with Gasteiger partial charge in [-0.25, -0.2) is 0 Å². The Bertz CT molecular complexity index is 477. The van der Waals surface area contributed by atoms with E-state index in [0.29, 0.717) is 10.0 Å². The van der Waals surface area contributed by atoms with Crippen molar-refractivity contribution in [2.45, 2.75) is 38.7 Å². The predicted octanol–water partition coefficient (Wildman–Crippen LogP) is 3.35. The van der Waals surface area contributed by atoms with Crippen molar-refractivity contribution in [3.8, 4) is 0 Å². The maximum absolute atomic E-state index is 11.8. The largest absolute Gasteiger partial charge is 0.481 e. The van der Waals surface area contributed by atoms with Crippen molar-refractivity contribution in [2.75, 3.05) is 0 Å². The second-order valence-corrected chi connectivity index (χ2v) is 6.06. The summed E-state index contributed by atoms with van der Waals surface area (Å²) in [7, 11) is 0. The van der Waals surface area contributed by atoms with E-state index in [2.05, 4.69) is 15.9 Å². The van der Waals surface area contributed by atoms with Crippen molar-refractivity contribution in [3.63, 3.8) is 0 Å². The van der Waals surface area contributed by atoms with Crippen LogP contribution in [-0.2, 0) is 14.3 Å². The molecule has 5 heteroatoms. The summed E-state index contributed by atoms with van der Waals surface area (Å²) >= 11 is 3.30. The zero-order valence-corrected chi connectivity index (χ0v) is 12.7. The number of aliphatic carboxylic acids is 1. The van der Waals surface area contributed by atoms with E-state index in [1.165, 1.54) is 0 Å². The fourth-order valence-corrected chi connectivity index (χ4v) is 2.20. The van der Waals surface area contributed by atoms with Gasteiger partial charge in [-0.3, -0.25) is 9.59 Å². The van der Waals surface area contributed by atoms with E-state index in [4.69, 9.17) is 4.74 Å². The number of carboxylic acid groups (broad SMARTS) is 1. The summed E-state index contributed by atoms with van der Waals surface area (Å²) < 4.78 is 5.83. The Morgan fingerprint density at radius 3 is 2.37 bits per heavy atom. The van der Waals surface area contributed by atoms with Crippen LogP contribution in [0.3, 0.4) is 0 Å². The van der Waals surface area contributed by atoms with E-state index in [0.717, 1.165) is 0 Å². The maximum Gasteiger partial charge on any atom is 0.311 e. The Kier molecular flexibility index (Phi) is 5.11. The number of esters is 1. The lowest BCUT2D eigenvalue weighted by atomic mass is 9.96. The highest BCUT2D eigenvalue weighted by molar-refractivity contribution is 9.10. The van der Waals surface area contributed by atoms with E-state index in [9.17, 15) is 14.7 Å². The third kappa shape index (κ3) is 5.03. The number of halogens is 1. The fourth-order valence-electron chi connectivity index (χ4n) is 1.64. The second-order valence-electron chi connectivity index (χ2n) is 5.20. The molecule has 0 aromatic heterocycles. The molecule has 0 fully saturated rings. The molecule has 0 spiro atoms. The molecule has 0 amide bonds. The zero-order chi connectivity index (χ0) is 14.6. The highest BCUT2D eigenvalue weighted by Gasteiger charge is 2.27. The van der Waals surface area contributed by atoms with Gasteiger partial charge in [-0.05, 0) is 32.4 Å². The number of ether oxygens (including phenoxy) is 1. The molecule has 0 bridgehead atoms. The van der Waals surface area contributed by atoms with Crippen molar-refractivity contribution in [2.24, 2.45) is 0 Å². The number of hydrogen-bond acceptors (Lipinski definition) is 3. The van der Waals surface area contributed by atoms with Gasteiger partial charge in [-0.15, -0.1) is 0 Å². The topological polar surface area (TPSA) is 63.6 Å². The highest BCUT2D eigenvalue weighted by Crippen LogP contribution is 2.28. The smallest absolute Gasteiger partial charge is 0.311 e. The van der Waals surface area contributed by atoms with Crippen molar-refractivity contribution < 1.29 is 19.4 Å². The van der Waals surface area contributed by atoms with Crippen molar-refractivity contribution >= 4 is 27.9 Å². The molecule has 1 rings (SSSR count). The van der Waals surface area contributed by atoms with Gasteiger partial charge in [-0.1, -0.05) is 34.1 Å². The molecule has 0 radical (unpaired) electrons. The van der Waals surface area contributed by atoms with E-state index >= 15 is 0 Å². The Labute approximate surface area is 120 Å². The lowest BCUT2D eigenvalue weighted by molar-refractivity contribution is -0.158. The van der Waals surface area contributed by atoms with Gasteiger partial charge in [0, 0.05) is 4.47 Å². The van der Waals surface area contributed by atoms with Crippen LogP contribution in [0.1, 0.15) is 38.7 Å². The monoisotopic (exact) mass is 328 g/mol. The molecule has 0 heterocycles.